The fraction of sp³-hybridized carbons (Fsp3) is 0.875. The van der Waals surface area contributed by atoms with Crippen LogP contribution < -0.4 is 0 Å². The van der Waals surface area contributed by atoms with Crippen LogP contribution in [0.25, 0.3) is 0 Å². The molecule has 0 saturated heterocycles. The molecule has 0 spiro atoms. The molecule has 0 heteroatoms. The molecule has 0 aromatic carbocycles. The maximum absolute atomic E-state index is 2.77. The first kappa shape index (κ1) is 24.6. The van der Waals surface area contributed by atoms with Gasteiger partial charge < -0.3 is 0 Å². The van der Waals surface area contributed by atoms with E-state index in [4.69, 9.17) is 0 Å². The van der Waals surface area contributed by atoms with Crippen molar-refractivity contribution in [2.75, 3.05) is 0 Å². The summed E-state index contributed by atoms with van der Waals surface area (Å²) in [6.45, 7) is 20.0. The number of hydrogen-bond donors (Lipinski definition) is 0. The average molecular weight is 439 g/mol. The van der Waals surface area contributed by atoms with Crippen molar-refractivity contribution in [3.8, 4) is 0 Å². The summed E-state index contributed by atoms with van der Waals surface area (Å²) in [5.41, 5.74) is 2.96. The van der Waals surface area contributed by atoms with Gasteiger partial charge in [-0.3, -0.25) is 0 Å². The number of hydrogen-bond acceptors (Lipinski definition) is 0. The molecule has 3 unspecified atom stereocenters. The van der Waals surface area contributed by atoms with E-state index < -0.39 is 0 Å². The van der Waals surface area contributed by atoms with Gasteiger partial charge in [-0.2, -0.15) is 0 Å². The molecule has 0 N–H and O–H groups in total. The van der Waals surface area contributed by atoms with Crippen molar-refractivity contribution in [1.82, 2.24) is 0 Å². The van der Waals surface area contributed by atoms with Crippen LogP contribution in [0.15, 0.2) is 23.8 Å². The van der Waals surface area contributed by atoms with Crippen LogP contribution >= 0.6 is 0 Å². The van der Waals surface area contributed by atoms with Crippen LogP contribution in [0.4, 0.5) is 0 Å². The van der Waals surface area contributed by atoms with Gasteiger partial charge in [0.05, 0.1) is 0 Å². The van der Waals surface area contributed by atoms with Crippen molar-refractivity contribution in [2.24, 2.45) is 64.1 Å². The first-order valence-electron chi connectivity index (χ1n) is 14.5. The lowest BCUT2D eigenvalue weighted by Crippen LogP contribution is -2.50. The third kappa shape index (κ3) is 4.09. The summed E-state index contributed by atoms with van der Waals surface area (Å²) < 4.78 is 0. The number of fused-ring (bicyclic) bond motifs is 5. The van der Waals surface area contributed by atoms with Crippen molar-refractivity contribution in [3.63, 3.8) is 0 Å². The van der Waals surface area contributed by atoms with Gasteiger partial charge in [-0.15, -0.1) is 0 Å². The summed E-state index contributed by atoms with van der Waals surface area (Å²) in [5, 5.41) is 0. The van der Waals surface area contributed by atoms with Gasteiger partial charge in [-0.1, -0.05) is 79.2 Å². The molecule has 32 heavy (non-hydrogen) atoms. The van der Waals surface area contributed by atoms with E-state index in [9.17, 15) is 0 Å². The summed E-state index contributed by atoms with van der Waals surface area (Å²) >= 11 is 0. The zero-order valence-electron chi connectivity index (χ0n) is 22.8. The normalized spacial score (nSPS) is 43.7. The highest BCUT2D eigenvalue weighted by atomic mass is 14.6. The van der Waals surface area contributed by atoms with Crippen molar-refractivity contribution in [3.05, 3.63) is 23.8 Å². The smallest absolute Gasteiger partial charge is 0.00851 e. The topological polar surface area (TPSA) is 0 Å². The Labute approximate surface area is 201 Å². The quantitative estimate of drug-likeness (QED) is 0.362. The van der Waals surface area contributed by atoms with Crippen LogP contribution in [-0.4, -0.2) is 0 Å². The maximum atomic E-state index is 2.77. The van der Waals surface area contributed by atoms with Crippen LogP contribution in [0, 0.1) is 64.1 Å². The molecule has 0 radical (unpaired) electrons. The third-order valence-electron chi connectivity index (χ3n) is 11.8. The molecule has 3 fully saturated rings. The highest BCUT2D eigenvalue weighted by Crippen LogP contribution is 2.67. The minimum Gasteiger partial charge on any atom is -0.0851 e. The van der Waals surface area contributed by atoms with Gasteiger partial charge in [-0.05, 0) is 122 Å². The van der Waals surface area contributed by atoms with Crippen molar-refractivity contribution in [2.45, 2.75) is 113 Å². The largest absolute Gasteiger partial charge is 0.0851 e. The highest BCUT2D eigenvalue weighted by molar-refractivity contribution is 5.25. The minimum absolute atomic E-state index is 0.519. The number of allylic oxidation sites excluding steroid dienone is 4. The lowest BCUT2D eigenvalue weighted by Gasteiger charge is -2.58. The van der Waals surface area contributed by atoms with Gasteiger partial charge in [-0.25, -0.2) is 0 Å². The molecule has 0 nitrogen and oxygen atoms in total. The SMILES string of the molecule is CC[C@H](/C=C/[C@@H](C)C1CCC2[C@@H]3CC=C4C[C@@H](C(C)C)CC[C@]4(C)C3CC[C@@]21C)C(C)C. The molecule has 182 valence electrons. The summed E-state index contributed by atoms with van der Waals surface area (Å²) in [4.78, 5) is 0. The van der Waals surface area contributed by atoms with E-state index >= 15 is 0 Å². The Bertz CT molecular complexity index is 710. The van der Waals surface area contributed by atoms with Crippen LogP contribution in [0.5, 0.6) is 0 Å². The van der Waals surface area contributed by atoms with Gasteiger partial charge in [0.2, 0.25) is 0 Å². The Hall–Kier alpha value is -0.520. The Morgan fingerprint density at radius 2 is 1.69 bits per heavy atom. The Morgan fingerprint density at radius 3 is 2.34 bits per heavy atom. The molecule has 4 aliphatic rings. The third-order valence-corrected chi connectivity index (χ3v) is 11.8. The Morgan fingerprint density at radius 1 is 0.938 bits per heavy atom. The molecule has 0 bridgehead atoms. The second-order valence-electron chi connectivity index (χ2n) is 13.8. The summed E-state index contributed by atoms with van der Waals surface area (Å²) in [7, 11) is 0. The zero-order valence-corrected chi connectivity index (χ0v) is 22.8. The molecule has 0 amide bonds. The van der Waals surface area contributed by atoms with Crippen molar-refractivity contribution in [1.29, 1.82) is 0 Å². The van der Waals surface area contributed by atoms with E-state index in [1.165, 1.54) is 57.8 Å². The second kappa shape index (κ2) is 9.26. The molecule has 0 aliphatic heterocycles. The van der Waals surface area contributed by atoms with Crippen LogP contribution in [0.3, 0.4) is 0 Å². The minimum atomic E-state index is 0.519. The molecular weight excluding hydrogens is 384 g/mol. The molecule has 4 rings (SSSR count). The first-order valence-corrected chi connectivity index (χ1v) is 14.5. The van der Waals surface area contributed by atoms with E-state index in [0.29, 0.717) is 10.8 Å². The molecule has 0 heterocycles. The van der Waals surface area contributed by atoms with E-state index in [2.05, 4.69) is 73.6 Å². The maximum Gasteiger partial charge on any atom is -0.00851 e. The predicted molar refractivity (Wildman–Crippen MR) is 140 cm³/mol. The fourth-order valence-corrected chi connectivity index (χ4v) is 9.44. The van der Waals surface area contributed by atoms with Gasteiger partial charge in [0.25, 0.3) is 0 Å². The molecular formula is C32H54. The lowest BCUT2D eigenvalue weighted by molar-refractivity contribution is -0.0503. The van der Waals surface area contributed by atoms with Crippen molar-refractivity contribution < 1.29 is 0 Å². The van der Waals surface area contributed by atoms with E-state index in [0.717, 1.165) is 53.3 Å². The monoisotopic (exact) mass is 438 g/mol. The predicted octanol–water partition coefficient (Wildman–Crippen LogP) is 9.71. The molecule has 3 saturated carbocycles. The summed E-state index contributed by atoms with van der Waals surface area (Å²) in [6.07, 6.45) is 20.9. The molecule has 0 aromatic heterocycles. The molecule has 0 aromatic rings. The molecule has 9 atom stereocenters. The summed E-state index contributed by atoms with van der Waals surface area (Å²) in [6, 6.07) is 0. The average Bonchev–Trinajstić information content (AvgIpc) is 3.10. The van der Waals surface area contributed by atoms with Gasteiger partial charge in [0.15, 0.2) is 0 Å². The Balaban J connectivity index is 1.51. The Kier molecular flexibility index (Phi) is 7.12. The number of rotatable bonds is 6. The highest BCUT2D eigenvalue weighted by Gasteiger charge is 2.59. The van der Waals surface area contributed by atoms with Gasteiger partial charge in [0, 0.05) is 0 Å². The fourth-order valence-electron chi connectivity index (χ4n) is 9.44. The second-order valence-corrected chi connectivity index (χ2v) is 13.8. The van der Waals surface area contributed by atoms with Crippen LogP contribution in [0.1, 0.15) is 113 Å². The standard InChI is InChI=1S/C32H54/c1-9-24(21(2)3)11-10-23(6)28-14-15-29-27-13-12-26-20-25(22(4)5)16-18-31(26,7)30(27)17-19-32(28,29)8/h10-12,21-25,27-30H,9,13-20H2,1-8H3/b11-10+/t23-,24-,25+,27+,28?,29?,30?,31+,32-/m1/s1. The summed E-state index contributed by atoms with van der Waals surface area (Å²) in [5.74, 6) is 7.81. The van der Waals surface area contributed by atoms with E-state index in [1.807, 2.05) is 5.57 Å². The zero-order chi connectivity index (χ0) is 23.3. The van der Waals surface area contributed by atoms with E-state index in [1.54, 1.807) is 0 Å². The lowest BCUT2D eigenvalue weighted by atomic mass is 9.46. The molecule has 4 aliphatic carbocycles. The van der Waals surface area contributed by atoms with Crippen LogP contribution in [-0.2, 0) is 0 Å². The van der Waals surface area contributed by atoms with Gasteiger partial charge in [0.1, 0.15) is 0 Å². The first-order chi connectivity index (χ1) is 15.1. The van der Waals surface area contributed by atoms with Gasteiger partial charge >= 0.3 is 0 Å². The van der Waals surface area contributed by atoms with E-state index in [-0.39, 0.29) is 0 Å². The van der Waals surface area contributed by atoms with Crippen molar-refractivity contribution >= 4 is 0 Å². The van der Waals surface area contributed by atoms with Crippen LogP contribution in [0.2, 0.25) is 0 Å².